The average molecular weight is 526 g/mol. The molecule has 2 heterocycles. The van der Waals surface area contributed by atoms with Crippen LogP contribution in [0.5, 0.6) is 11.5 Å². The number of nitro benzene ring substituents is 1. The van der Waals surface area contributed by atoms with E-state index >= 15 is 0 Å². The number of hydrazone groups is 1. The SMILES string of the molecule is COc1c(Cn2ccnc2)cc(N2N=C(C)C(C(=O)Oc3ccc([N+](=O)[O-])cc3)C2=O)cc1-c1ccccc1. The number of hydrogen-bond acceptors (Lipinski definition) is 8. The normalized spacial score (nSPS) is 14.7. The Morgan fingerprint density at radius 1 is 1.10 bits per heavy atom. The molecule has 196 valence electrons. The highest BCUT2D eigenvalue weighted by Crippen LogP contribution is 2.39. The molecule has 0 radical (unpaired) electrons. The lowest BCUT2D eigenvalue weighted by Crippen LogP contribution is -2.35. The summed E-state index contributed by atoms with van der Waals surface area (Å²) in [7, 11) is 1.59. The molecule has 11 nitrogen and oxygen atoms in total. The molecule has 0 fully saturated rings. The third kappa shape index (κ3) is 5.10. The molecule has 11 heteroatoms. The van der Waals surface area contributed by atoms with Gasteiger partial charge in [0.25, 0.3) is 11.6 Å². The largest absolute Gasteiger partial charge is 0.496 e. The molecule has 0 spiro atoms. The van der Waals surface area contributed by atoms with E-state index in [9.17, 15) is 19.7 Å². The van der Waals surface area contributed by atoms with E-state index in [0.29, 0.717) is 18.0 Å². The van der Waals surface area contributed by atoms with Crippen molar-refractivity contribution in [3.8, 4) is 22.6 Å². The maximum atomic E-state index is 13.5. The molecule has 0 aliphatic carbocycles. The van der Waals surface area contributed by atoms with Crippen LogP contribution < -0.4 is 14.5 Å². The van der Waals surface area contributed by atoms with Gasteiger partial charge in [-0.1, -0.05) is 30.3 Å². The number of carbonyl (C=O) groups excluding carboxylic acids is 2. The highest BCUT2D eigenvalue weighted by atomic mass is 16.6. The average Bonchev–Trinajstić information content (AvgIpc) is 3.55. The molecule has 1 aromatic heterocycles. The highest BCUT2D eigenvalue weighted by Gasteiger charge is 2.41. The van der Waals surface area contributed by atoms with Crippen LogP contribution >= 0.6 is 0 Å². The number of esters is 1. The Morgan fingerprint density at radius 2 is 1.85 bits per heavy atom. The molecule has 0 saturated heterocycles. The van der Waals surface area contributed by atoms with E-state index in [1.54, 1.807) is 38.7 Å². The number of hydrogen-bond donors (Lipinski definition) is 0. The van der Waals surface area contributed by atoms with Crippen LogP contribution in [0.15, 0.2) is 90.6 Å². The predicted octanol–water partition coefficient (Wildman–Crippen LogP) is 4.46. The first-order valence-electron chi connectivity index (χ1n) is 11.9. The fourth-order valence-electron chi connectivity index (χ4n) is 4.40. The predicted molar refractivity (Wildman–Crippen MR) is 143 cm³/mol. The van der Waals surface area contributed by atoms with Gasteiger partial charge in [0, 0.05) is 35.7 Å². The smallest absolute Gasteiger partial charge is 0.329 e. The van der Waals surface area contributed by atoms with Crippen LogP contribution in [0.1, 0.15) is 12.5 Å². The first-order chi connectivity index (χ1) is 18.9. The molecule has 1 aliphatic heterocycles. The number of nitro groups is 1. The van der Waals surface area contributed by atoms with Crippen molar-refractivity contribution in [1.82, 2.24) is 9.55 Å². The summed E-state index contributed by atoms with van der Waals surface area (Å²) in [6.45, 7) is 2.00. The summed E-state index contributed by atoms with van der Waals surface area (Å²) in [6, 6.07) is 18.2. The van der Waals surface area contributed by atoms with Gasteiger partial charge >= 0.3 is 5.97 Å². The third-order valence-corrected chi connectivity index (χ3v) is 6.23. The van der Waals surface area contributed by atoms with Crippen LogP contribution in [0.2, 0.25) is 0 Å². The summed E-state index contributed by atoms with van der Waals surface area (Å²) in [5.74, 6) is -1.94. The molecule has 1 aliphatic rings. The molecule has 1 atom stereocenters. The molecule has 39 heavy (non-hydrogen) atoms. The van der Waals surface area contributed by atoms with E-state index < -0.39 is 22.7 Å². The van der Waals surface area contributed by atoms with E-state index in [2.05, 4.69) is 10.1 Å². The Hall–Kier alpha value is -5.32. The zero-order chi connectivity index (χ0) is 27.5. The lowest BCUT2D eigenvalue weighted by atomic mass is 9.99. The number of carbonyl (C=O) groups is 2. The Labute approximate surface area is 223 Å². The second-order valence-electron chi connectivity index (χ2n) is 8.78. The van der Waals surface area contributed by atoms with Gasteiger partial charge in [0.2, 0.25) is 0 Å². The van der Waals surface area contributed by atoms with Crippen LogP contribution in [0.3, 0.4) is 0 Å². The number of nitrogens with zero attached hydrogens (tertiary/aromatic N) is 5. The van der Waals surface area contributed by atoms with Gasteiger partial charge in [-0.2, -0.15) is 10.1 Å². The number of methoxy groups -OCH3 is 1. The van der Waals surface area contributed by atoms with Gasteiger partial charge in [-0.05, 0) is 36.8 Å². The van der Waals surface area contributed by atoms with E-state index in [1.807, 2.05) is 41.1 Å². The molecule has 5 rings (SSSR count). The Kier molecular flexibility index (Phi) is 6.87. The van der Waals surface area contributed by atoms with Crippen molar-refractivity contribution < 1.29 is 24.0 Å². The molecular weight excluding hydrogens is 502 g/mol. The highest BCUT2D eigenvalue weighted by molar-refractivity contribution is 6.25. The van der Waals surface area contributed by atoms with Gasteiger partial charge in [0.1, 0.15) is 11.5 Å². The zero-order valence-corrected chi connectivity index (χ0v) is 21.1. The number of ether oxygens (including phenoxy) is 2. The number of non-ortho nitro benzene ring substituents is 1. The van der Waals surface area contributed by atoms with Crippen molar-refractivity contribution >= 4 is 29.0 Å². The van der Waals surface area contributed by atoms with Crippen LogP contribution in [0.4, 0.5) is 11.4 Å². The minimum atomic E-state index is -1.26. The van der Waals surface area contributed by atoms with Crippen LogP contribution in [0.25, 0.3) is 11.1 Å². The second kappa shape index (κ2) is 10.6. The van der Waals surface area contributed by atoms with Gasteiger partial charge in [-0.25, -0.2) is 4.98 Å². The lowest BCUT2D eigenvalue weighted by molar-refractivity contribution is -0.384. The number of rotatable bonds is 8. The summed E-state index contributed by atoms with van der Waals surface area (Å²) in [5, 5.41) is 16.5. The van der Waals surface area contributed by atoms with Gasteiger partial charge in [-0.15, -0.1) is 0 Å². The second-order valence-corrected chi connectivity index (χ2v) is 8.78. The first-order valence-corrected chi connectivity index (χ1v) is 11.9. The van der Waals surface area contributed by atoms with Crippen molar-refractivity contribution in [2.24, 2.45) is 11.0 Å². The van der Waals surface area contributed by atoms with Crippen molar-refractivity contribution in [2.45, 2.75) is 13.5 Å². The molecule has 1 amide bonds. The summed E-state index contributed by atoms with van der Waals surface area (Å²) in [6.07, 6.45) is 5.18. The molecular formula is C28H23N5O6. The van der Waals surface area contributed by atoms with E-state index in [-0.39, 0.29) is 17.1 Å². The van der Waals surface area contributed by atoms with Crippen molar-refractivity contribution in [3.63, 3.8) is 0 Å². The number of imidazole rings is 1. The zero-order valence-electron chi connectivity index (χ0n) is 21.1. The van der Waals surface area contributed by atoms with Crippen molar-refractivity contribution in [2.75, 3.05) is 12.1 Å². The molecule has 0 N–H and O–H groups in total. The fraction of sp³-hybridized carbons (Fsp3) is 0.143. The molecule has 0 bridgehead atoms. The quantitative estimate of drug-likeness (QED) is 0.109. The third-order valence-electron chi connectivity index (χ3n) is 6.23. The Bertz CT molecular complexity index is 1570. The molecule has 1 unspecified atom stereocenters. The first kappa shape index (κ1) is 25.3. The maximum absolute atomic E-state index is 13.5. The molecule has 0 saturated carbocycles. The molecule has 3 aromatic carbocycles. The summed E-state index contributed by atoms with van der Waals surface area (Å²) in [5.41, 5.74) is 2.99. The van der Waals surface area contributed by atoms with E-state index in [0.717, 1.165) is 16.7 Å². The van der Waals surface area contributed by atoms with Gasteiger partial charge in [0.15, 0.2) is 5.92 Å². The number of amides is 1. The minimum absolute atomic E-state index is 0.0862. The fourth-order valence-corrected chi connectivity index (χ4v) is 4.40. The van der Waals surface area contributed by atoms with E-state index in [4.69, 9.17) is 9.47 Å². The standard InChI is InChI=1S/C28H23N5O6/c1-18-25(28(35)39-23-10-8-21(9-11-23)33(36)37)27(34)32(30-18)22-14-20(16-31-13-12-29-17-31)26(38-2)24(15-22)19-6-4-3-5-7-19/h3-15,17,25H,16H2,1-2H3. The minimum Gasteiger partial charge on any atom is -0.496 e. The number of benzene rings is 3. The lowest BCUT2D eigenvalue weighted by Gasteiger charge is -2.20. The number of anilines is 1. The van der Waals surface area contributed by atoms with Crippen LogP contribution in [0, 0.1) is 16.0 Å². The summed E-state index contributed by atoms with van der Waals surface area (Å²) < 4.78 is 13.0. The van der Waals surface area contributed by atoms with E-state index in [1.165, 1.54) is 29.3 Å². The topological polar surface area (TPSA) is 129 Å². The van der Waals surface area contributed by atoms with Crippen molar-refractivity contribution in [3.05, 3.63) is 101 Å². The van der Waals surface area contributed by atoms with Crippen LogP contribution in [-0.4, -0.2) is 39.2 Å². The van der Waals surface area contributed by atoms with Gasteiger partial charge < -0.3 is 14.0 Å². The maximum Gasteiger partial charge on any atom is 0.329 e. The van der Waals surface area contributed by atoms with Crippen LogP contribution in [-0.2, 0) is 16.1 Å². The monoisotopic (exact) mass is 525 g/mol. The Balaban J connectivity index is 1.48. The summed E-state index contributed by atoms with van der Waals surface area (Å²) in [4.78, 5) is 40.9. The van der Waals surface area contributed by atoms with Gasteiger partial charge in [-0.3, -0.25) is 19.7 Å². The van der Waals surface area contributed by atoms with Gasteiger partial charge in [0.05, 0.1) is 36.3 Å². The number of aromatic nitrogens is 2. The summed E-state index contributed by atoms with van der Waals surface area (Å²) >= 11 is 0. The van der Waals surface area contributed by atoms with Crippen molar-refractivity contribution in [1.29, 1.82) is 0 Å². The molecule has 4 aromatic rings. The Morgan fingerprint density at radius 3 is 2.49 bits per heavy atom.